The largest absolute Gasteiger partial charge is 0.378 e. The number of morpholine rings is 1. The van der Waals surface area contributed by atoms with Crippen molar-refractivity contribution in [3.8, 4) is 0 Å². The van der Waals surface area contributed by atoms with Gasteiger partial charge < -0.3 is 24.8 Å². The van der Waals surface area contributed by atoms with Crippen LogP contribution in [0, 0.1) is 5.92 Å². The number of hydrogen-bond acceptors (Lipinski definition) is 6. The van der Waals surface area contributed by atoms with E-state index in [-0.39, 0.29) is 48.4 Å². The molecule has 9 nitrogen and oxygen atoms in total. The Kier molecular flexibility index (Phi) is 8.49. The third kappa shape index (κ3) is 6.04. The Morgan fingerprint density at radius 1 is 0.950 bits per heavy atom. The van der Waals surface area contributed by atoms with Crippen molar-refractivity contribution in [1.82, 2.24) is 15.1 Å². The van der Waals surface area contributed by atoms with Gasteiger partial charge in [-0.3, -0.25) is 19.2 Å². The van der Waals surface area contributed by atoms with E-state index in [0.717, 1.165) is 24.3 Å². The van der Waals surface area contributed by atoms with Crippen LogP contribution in [0.5, 0.6) is 0 Å². The summed E-state index contributed by atoms with van der Waals surface area (Å²) >= 11 is 0. The van der Waals surface area contributed by atoms with Crippen molar-refractivity contribution in [3.05, 3.63) is 65.7 Å². The standard InChI is InChI=1S/C31H38N4O5/c1-21(2)18-25(32-30(38)23-8-10-24(11-9-23)33-14-16-40-17-15-33)31(39)34-13-12-26-29(34)27(36)20-35(26)28(37)19-22-6-4-3-5-7-22/h3-11,21,25-26,29H,12-20H2,1-2H3,(H,32,38). The summed E-state index contributed by atoms with van der Waals surface area (Å²) in [6.45, 7) is 7.38. The molecule has 3 unspecified atom stereocenters. The van der Waals surface area contributed by atoms with Gasteiger partial charge in [-0.25, -0.2) is 0 Å². The fourth-order valence-electron chi connectivity index (χ4n) is 6.04. The highest BCUT2D eigenvalue weighted by Crippen LogP contribution is 2.31. The van der Waals surface area contributed by atoms with Gasteiger partial charge in [0.2, 0.25) is 11.8 Å². The van der Waals surface area contributed by atoms with E-state index in [4.69, 9.17) is 4.74 Å². The van der Waals surface area contributed by atoms with Gasteiger partial charge in [0.25, 0.3) is 5.91 Å². The number of hydrogen-bond donors (Lipinski definition) is 1. The quantitative estimate of drug-likeness (QED) is 0.546. The number of likely N-dealkylation sites (tertiary alicyclic amines) is 2. The second kappa shape index (κ2) is 12.2. The molecule has 3 aliphatic rings. The van der Waals surface area contributed by atoms with Crippen LogP contribution < -0.4 is 10.2 Å². The first-order valence-electron chi connectivity index (χ1n) is 14.2. The number of nitrogens with one attached hydrogen (secondary N) is 1. The van der Waals surface area contributed by atoms with Crippen molar-refractivity contribution in [2.45, 2.75) is 51.2 Å². The van der Waals surface area contributed by atoms with Crippen molar-refractivity contribution >= 4 is 29.2 Å². The normalized spacial score (nSPS) is 21.5. The highest BCUT2D eigenvalue weighted by molar-refractivity contribution is 6.01. The molecule has 3 amide bonds. The predicted molar refractivity (Wildman–Crippen MR) is 151 cm³/mol. The zero-order valence-electron chi connectivity index (χ0n) is 23.3. The van der Waals surface area contributed by atoms with Crippen molar-refractivity contribution in [3.63, 3.8) is 0 Å². The molecule has 0 bridgehead atoms. The van der Waals surface area contributed by atoms with Crippen molar-refractivity contribution in [1.29, 1.82) is 0 Å². The number of nitrogens with zero attached hydrogens (tertiary/aromatic N) is 3. The number of ether oxygens (including phenoxy) is 1. The summed E-state index contributed by atoms with van der Waals surface area (Å²) in [5, 5.41) is 2.95. The minimum absolute atomic E-state index is 0.0154. The molecular formula is C31H38N4O5. The van der Waals surface area contributed by atoms with Gasteiger partial charge in [-0.05, 0) is 48.6 Å². The van der Waals surface area contributed by atoms with Crippen LogP contribution in [0.4, 0.5) is 5.69 Å². The van der Waals surface area contributed by atoms with Gasteiger partial charge in [0.05, 0.1) is 32.2 Å². The summed E-state index contributed by atoms with van der Waals surface area (Å²) in [5.41, 5.74) is 2.41. The molecule has 9 heteroatoms. The van der Waals surface area contributed by atoms with E-state index in [2.05, 4.69) is 10.2 Å². The summed E-state index contributed by atoms with van der Waals surface area (Å²) in [6.07, 6.45) is 1.23. The Morgan fingerprint density at radius 2 is 1.65 bits per heavy atom. The Hall–Kier alpha value is -3.72. The molecule has 3 heterocycles. The van der Waals surface area contributed by atoms with E-state index in [1.54, 1.807) is 21.9 Å². The molecule has 1 N–H and O–H groups in total. The molecule has 2 aromatic carbocycles. The molecular weight excluding hydrogens is 508 g/mol. The van der Waals surface area contributed by atoms with E-state index in [9.17, 15) is 19.2 Å². The number of anilines is 1. The highest BCUT2D eigenvalue weighted by atomic mass is 16.5. The lowest BCUT2D eigenvalue weighted by Gasteiger charge is -2.29. The fraction of sp³-hybridized carbons (Fsp3) is 0.484. The minimum atomic E-state index is -0.757. The SMILES string of the molecule is CC(C)CC(NC(=O)c1ccc(N2CCOCC2)cc1)C(=O)N1CCC2C1C(=O)CN2C(=O)Cc1ccccc1. The first-order valence-corrected chi connectivity index (χ1v) is 14.2. The van der Waals surface area contributed by atoms with Crippen LogP contribution >= 0.6 is 0 Å². The van der Waals surface area contributed by atoms with Crippen LogP contribution in [0.2, 0.25) is 0 Å². The summed E-state index contributed by atoms with van der Waals surface area (Å²) in [5.74, 6) is -0.648. The summed E-state index contributed by atoms with van der Waals surface area (Å²) in [4.78, 5) is 58.7. The smallest absolute Gasteiger partial charge is 0.251 e. The maximum absolute atomic E-state index is 13.8. The number of rotatable bonds is 8. The Morgan fingerprint density at radius 3 is 2.33 bits per heavy atom. The number of benzene rings is 2. The zero-order chi connectivity index (χ0) is 28.2. The van der Waals surface area contributed by atoms with Gasteiger partial charge in [0.15, 0.2) is 5.78 Å². The molecule has 0 spiro atoms. The predicted octanol–water partition coefficient (Wildman–Crippen LogP) is 2.29. The van der Waals surface area contributed by atoms with E-state index >= 15 is 0 Å². The second-order valence-electron chi connectivity index (χ2n) is 11.3. The third-order valence-electron chi connectivity index (χ3n) is 8.04. The molecule has 3 aliphatic heterocycles. The van der Waals surface area contributed by atoms with Crippen molar-refractivity contribution in [2.24, 2.45) is 5.92 Å². The monoisotopic (exact) mass is 546 g/mol. The fourth-order valence-corrected chi connectivity index (χ4v) is 6.04. The van der Waals surface area contributed by atoms with Crippen LogP contribution in [0.3, 0.4) is 0 Å². The minimum Gasteiger partial charge on any atom is -0.378 e. The molecule has 3 atom stereocenters. The number of amides is 3. The van der Waals surface area contributed by atoms with Crippen LogP contribution in [0.15, 0.2) is 54.6 Å². The Labute approximate surface area is 235 Å². The number of carbonyl (C=O) groups excluding carboxylic acids is 4. The van der Waals surface area contributed by atoms with Crippen LogP contribution in [0.25, 0.3) is 0 Å². The second-order valence-corrected chi connectivity index (χ2v) is 11.3. The average Bonchev–Trinajstić information content (AvgIpc) is 3.54. The molecule has 3 fully saturated rings. The lowest BCUT2D eigenvalue weighted by molar-refractivity contribution is -0.138. The molecule has 0 aliphatic carbocycles. The maximum Gasteiger partial charge on any atom is 0.251 e. The van der Waals surface area contributed by atoms with Gasteiger partial charge in [0.1, 0.15) is 12.1 Å². The van der Waals surface area contributed by atoms with E-state index in [0.29, 0.717) is 38.2 Å². The molecule has 0 radical (unpaired) electrons. The van der Waals surface area contributed by atoms with E-state index in [1.807, 2.05) is 56.3 Å². The number of carbonyl (C=O) groups is 4. The Balaban J connectivity index is 1.25. The van der Waals surface area contributed by atoms with Gasteiger partial charge >= 0.3 is 0 Å². The van der Waals surface area contributed by atoms with E-state index in [1.165, 1.54) is 0 Å². The van der Waals surface area contributed by atoms with Crippen molar-refractivity contribution < 1.29 is 23.9 Å². The molecule has 2 aromatic rings. The summed E-state index contributed by atoms with van der Waals surface area (Å²) in [7, 11) is 0. The molecule has 40 heavy (non-hydrogen) atoms. The van der Waals surface area contributed by atoms with Crippen LogP contribution in [-0.4, -0.2) is 90.8 Å². The van der Waals surface area contributed by atoms with Gasteiger partial charge in [-0.2, -0.15) is 0 Å². The molecule has 0 aromatic heterocycles. The first kappa shape index (κ1) is 27.8. The number of ketones is 1. The van der Waals surface area contributed by atoms with Crippen LogP contribution in [0.1, 0.15) is 42.6 Å². The van der Waals surface area contributed by atoms with Gasteiger partial charge in [-0.15, -0.1) is 0 Å². The van der Waals surface area contributed by atoms with E-state index < -0.39 is 12.1 Å². The third-order valence-corrected chi connectivity index (χ3v) is 8.04. The molecule has 0 saturated carbocycles. The van der Waals surface area contributed by atoms with Gasteiger partial charge in [0, 0.05) is 30.9 Å². The first-order chi connectivity index (χ1) is 19.3. The molecule has 212 valence electrons. The zero-order valence-corrected chi connectivity index (χ0v) is 23.3. The highest BCUT2D eigenvalue weighted by Gasteiger charge is 2.52. The lowest BCUT2D eigenvalue weighted by Crippen LogP contribution is -2.53. The van der Waals surface area contributed by atoms with Gasteiger partial charge in [-0.1, -0.05) is 44.2 Å². The maximum atomic E-state index is 13.8. The number of fused-ring (bicyclic) bond motifs is 1. The average molecular weight is 547 g/mol. The van der Waals surface area contributed by atoms with Crippen LogP contribution in [-0.2, 0) is 25.5 Å². The molecule has 3 saturated heterocycles. The topological polar surface area (TPSA) is 99.3 Å². The summed E-state index contributed by atoms with van der Waals surface area (Å²) in [6, 6.07) is 15.1. The summed E-state index contributed by atoms with van der Waals surface area (Å²) < 4.78 is 5.42. The number of Topliss-reactive ketones (excluding diaryl/α,β-unsaturated/α-hetero) is 1. The Bertz CT molecular complexity index is 1230. The lowest BCUT2D eigenvalue weighted by atomic mass is 10.0. The molecule has 5 rings (SSSR count). The van der Waals surface area contributed by atoms with Crippen molar-refractivity contribution in [2.75, 3.05) is 44.3 Å².